The van der Waals surface area contributed by atoms with Crippen LogP contribution in [0, 0.1) is 12.3 Å². The molecule has 1 fully saturated rings. The van der Waals surface area contributed by atoms with Crippen molar-refractivity contribution in [3.63, 3.8) is 0 Å². The Morgan fingerprint density at radius 1 is 1.45 bits per heavy atom. The Bertz CT molecular complexity index is 491. The average Bonchev–Trinajstić information content (AvgIpc) is 2.47. The quantitative estimate of drug-likeness (QED) is 0.873. The third-order valence-electron chi connectivity index (χ3n) is 4.48. The third kappa shape index (κ3) is 2.96. The van der Waals surface area contributed by atoms with Crippen molar-refractivity contribution < 1.29 is 9.90 Å². The van der Waals surface area contributed by atoms with E-state index in [1.807, 2.05) is 4.90 Å². The van der Waals surface area contributed by atoms with Gasteiger partial charge in [-0.1, -0.05) is 18.5 Å². The number of carbonyl (C=O) groups is 1. The monoisotopic (exact) mass is 296 g/mol. The van der Waals surface area contributed by atoms with Crippen molar-refractivity contribution in [2.45, 2.75) is 33.1 Å². The van der Waals surface area contributed by atoms with E-state index in [0.29, 0.717) is 29.5 Å². The molecule has 110 valence electrons. The first-order chi connectivity index (χ1) is 9.51. The zero-order valence-electron chi connectivity index (χ0n) is 12.0. The van der Waals surface area contributed by atoms with Gasteiger partial charge in [-0.05, 0) is 43.7 Å². The van der Waals surface area contributed by atoms with Gasteiger partial charge in [-0.25, -0.2) is 4.98 Å². The lowest BCUT2D eigenvalue weighted by Crippen LogP contribution is -2.44. The van der Waals surface area contributed by atoms with Crippen molar-refractivity contribution in [2.75, 3.05) is 19.7 Å². The number of nitrogens with zero attached hydrogens (tertiary/aromatic N) is 2. The Balaban J connectivity index is 2.09. The van der Waals surface area contributed by atoms with E-state index in [0.717, 1.165) is 19.3 Å². The van der Waals surface area contributed by atoms with Crippen LogP contribution in [0.5, 0.6) is 0 Å². The van der Waals surface area contributed by atoms with Gasteiger partial charge >= 0.3 is 0 Å². The molecule has 0 saturated carbocycles. The van der Waals surface area contributed by atoms with Gasteiger partial charge in [0.15, 0.2) is 0 Å². The Morgan fingerprint density at radius 2 is 2.10 bits per heavy atom. The predicted molar refractivity (Wildman–Crippen MR) is 78.9 cm³/mol. The van der Waals surface area contributed by atoms with Crippen LogP contribution in [0.4, 0.5) is 0 Å². The number of aliphatic hydroxyl groups is 1. The molecule has 0 atom stereocenters. The molecule has 2 rings (SSSR count). The zero-order chi connectivity index (χ0) is 14.8. The van der Waals surface area contributed by atoms with Crippen LogP contribution in [-0.4, -0.2) is 40.6 Å². The van der Waals surface area contributed by atoms with Crippen LogP contribution in [-0.2, 0) is 0 Å². The standard InChI is InChI=1S/C15H21ClN2O2/c1-3-15(10-19)6-8-18(9-7-15)14(20)12-4-5-13(16)17-11(12)2/h4-5,19H,3,6-10H2,1-2H3. The van der Waals surface area contributed by atoms with E-state index >= 15 is 0 Å². The number of amides is 1. The van der Waals surface area contributed by atoms with Gasteiger partial charge in [0.05, 0.1) is 11.3 Å². The van der Waals surface area contributed by atoms with Gasteiger partial charge in [0.25, 0.3) is 5.91 Å². The van der Waals surface area contributed by atoms with Crippen LogP contribution in [0.25, 0.3) is 0 Å². The summed E-state index contributed by atoms with van der Waals surface area (Å²) in [6.45, 7) is 5.48. The van der Waals surface area contributed by atoms with Crippen molar-refractivity contribution in [1.29, 1.82) is 0 Å². The molecular weight excluding hydrogens is 276 g/mol. The smallest absolute Gasteiger partial charge is 0.255 e. The number of halogens is 1. The molecule has 1 aliphatic rings. The van der Waals surface area contributed by atoms with Crippen LogP contribution in [0.3, 0.4) is 0 Å². The lowest BCUT2D eigenvalue weighted by atomic mass is 9.77. The molecule has 0 spiro atoms. The molecule has 5 heteroatoms. The molecule has 1 aromatic heterocycles. The topological polar surface area (TPSA) is 53.4 Å². The number of aliphatic hydroxyl groups excluding tert-OH is 1. The van der Waals surface area contributed by atoms with Gasteiger partial charge in [-0.2, -0.15) is 0 Å². The van der Waals surface area contributed by atoms with E-state index in [4.69, 9.17) is 11.6 Å². The molecule has 1 aromatic rings. The number of carbonyl (C=O) groups excluding carboxylic acids is 1. The number of hydrogen-bond donors (Lipinski definition) is 1. The van der Waals surface area contributed by atoms with Crippen LogP contribution in [0.1, 0.15) is 42.2 Å². The van der Waals surface area contributed by atoms with Gasteiger partial charge < -0.3 is 10.0 Å². The second-order valence-electron chi connectivity index (χ2n) is 5.57. The maximum absolute atomic E-state index is 12.5. The molecule has 0 aromatic carbocycles. The Kier molecular flexibility index (Phi) is 4.66. The van der Waals surface area contributed by atoms with Crippen molar-refractivity contribution >= 4 is 17.5 Å². The molecular formula is C15H21ClN2O2. The van der Waals surface area contributed by atoms with Gasteiger partial charge in [-0.3, -0.25) is 4.79 Å². The maximum atomic E-state index is 12.5. The first kappa shape index (κ1) is 15.3. The Hall–Kier alpha value is -1.13. The first-order valence-corrected chi connectivity index (χ1v) is 7.42. The summed E-state index contributed by atoms with van der Waals surface area (Å²) >= 11 is 5.82. The zero-order valence-corrected chi connectivity index (χ0v) is 12.8. The maximum Gasteiger partial charge on any atom is 0.255 e. The highest BCUT2D eigenvalue weighted by Crippen LogP contribution is 2.34. The van der Waals surface area contributed by atoms with Gasteiger partial charge in [-0.15, -0.1) is 0 Å². The number of piperidine rings is 1. The van der Waals surface area contributed by atoms with Crippen molar-refractivity contribution in [3.8, 4) is 0 Å². The minimum Gasteiger partial charge on any atom is -0.396 e. The minimum absolute atomic E-state index is 0.00862. The largest absolute Gasteiger partial charge is 0.396 e. The summed E-state index contributed by atoms with van der Waals surface area (Å²) in [7, 11) is 0. The summed E-state index contributed by atoms with van der Waals surface area (Å²) in [5.41, 5.74) is 1.27. The fourth-order valence-corrected chi connectivity index (χ4v) is 2.92. The summed E-state index contributed by atoms with van der Waals surface area (Å²) in [5, 5.41) is 9.94. The average molecular weight is 297 g/mol. The van der Waals surface area contributed by atoms with Crippen LogP contribution >= 0.6 is 11.6 Å². The molecule has 0 bridgehead atoms. The van der Waals surface area contributed by atoms with E-state index in [-0.39, 0.29) is 17.9 Å². The van der Waals surface area contributed by atoms with Crippen LogP contribution in [0.15, 0.2) is 12.1 Å². The lowest BCUT2D eigenvalue weighted by Gasteiger charge is -2.40. The first-order valence-electron chi connectivity index (χ1n) is 7.04. The molecule has 0 aliphatic carbocycles. The molecule has 1 aliphatic heterocycles. The molecule has 2 heterocycles. The normalized spacial score (nSPS) is 18.1. The Morgan fingerprint density at radius 3 is 2.60 bits per heavy atom. The number of hydrogen-bond acceptors (Lipinski definition) is 3. The number of rotatable bonds is 3. The molecule has 1 saturated heterocycles. The SMILES string of the molecule is CCC1(CO)CCN(C(=O)c2ccc(Cl)nc2C)CC1. The molecule has 4 nitrogen and oxygen atoms in total. The highest BCUT2D eigenvalue weighted by atomic mass is 35.5. The minimum atomic E-state index is -0.00985. The summed E-state index contributed by atoms with van der Waals surface area (Å²) in [6.07, 6.45) is 2.66. The highest BCUT2D eigenvalue weighted by molar-refractivity contribution is 6.29. The second kappa shape index (κ2) is 6.10. The van der Waals surface area contributed by atoms with E-state index in [1.54, 1.807) is 19.1 Å². The molecule has 0 radical (unpaired) electrons. The van der Waals surface area contributed by atoms with E-state index in [1.165, 1.54) is 0 Å². The summed E-state index contributed by atoms with van der Waals surface area (Å²) < 4.78 is 0. The summed E-state index contributed by atoms with van der Waals surface area (Å²) in [4.78, 5) is 18.5. The third-order valence-corrected chi connectivity index (χ3v) is 4.69. The van der Waals surface area contributed by atoms with E-state index < -0.39 is 0 Å². The number of aromatic nitrogens is 1. The van der Waals surface area contributed by atoms with Gasteiger partial charge in [0.2, 0.25) is 0 Å². The highest BCUT2D eigenvalue weighted by Gasteiger charge is 2.34. The van der Waals surface area contributed by atoms with Gasteiger partial charge in [0, 0.05) is 19.7 Å². The fraction of sp³-hybridized carbons (Fsp3) is 0.600. The van der Waals surface area contributed by atoms with Crippen LogP contribution in [0.2, 0.25) is 5.15 Å². The predicted octanol–water partition coefficient (Wildman–Crippen LogP) is 2.67. The fourth-order valence-electron chi connectivity index (χ4n) is 2.73. The number of likely N-dealkylation sites (tertiary alicyclic amines) is 1. The van der Waals surface area contributed by atoms with E-state index in [9.17, 15) is 9.90 Å². The van der Waals surface area contributed by atoms with E-state index in [2.05, 4.69) is 11.9 Å². The molecule has 1 N–H and O–H groups in total. The van der Waals surface area contributed by atoms with Gasteiger partial charge in [0.1, 0.15) is 5.15 Å². The molecule has 0 unspecified atom stereocenters. The molecule has 1 amide bonds. The number of aryl methyl sites for hydroxylation is 1. The van der Waals surface area contributed by atoms with Crippen molar-refractivity contribution in [2.24, 2.45) is 5.41 Å². The number of pyridine rings is 1. The molecule has 20 heavy (non-hydrogen) atoms. The summed E-state index contributed by atoms with van der Waals surface area (Å²) in [5.74, 6) is 0.00862. The van der Waals surface area contributed by atoms with Crippen molar-refractivity contribution in [1.82, 2.24) is 9.88 Å². The van der Waals surface area contributed by atoms with Crippen molar-refractivity contribution in [3.05, 3.63) is 28.5 Å². The summed E-state index contributed by atoms with van der Waals surface area (Å²) in [6, 6.07) is 3.39. The van der Waals surface area contributed by atoms with Crippen LogP contribution < -0.4 is 0 Å². The second-order valence-corrected chi connectivity index (χ2v) is 5.96. The Labute approximate surface area is 124 Å². The lowest BCUT2D eigenvalue weighted by molar-refractivity contribution is 0.0337.